The van der Waals surface area contributed by atoms with Gasteiger partial charge in [-0.15, -0.1) is 0 Å². The van der Waals surface area contributed by atoms with E-state index < -0.39 is 12.2 Å². The smallest absolute Gasteiger partial charge is 0.331 e. The average molecular weight is 237 g/mol. The third kappa shape index (κ3) is 3.39. The summed E-state index contributed by atoms with van der Waals surface area (Å²) in [5, 5.41) is 0. The third-order valence-electron chi connectivity index (χ3n) is 2.95. The molecule has 0 aromatic carbocycles. The highest BCUT2D eigenvalue weighted by Crippen LogP contribution is 2.32. The number of alkyl halides is 3. The third-order valence-corrected chi connectivity index (χ3v) is 2.95. The molecule has 1 unspecified atom stereocenters. The number of unbranched alkanes of at least 4 members (excludes halogenated alkanes) is 1. The molecule has 1 rings (SSSR count). The number of amides is 1. The van der Waals surface area contributed by atoms with Crippen LogP contribution in [0, 0.1) is 0 Å². The fourth-order valence-electron chi connectivity index (χ4n) is 2.04. The SMILES string of the molecule is CCCCC(=O)N1CCCCC1C(F)(F)F. The Hall–Kier alpha value is -0.740. The monoisotopic (exact) mass is 237 g/mol. The number of hydrogen-bond acceptors (Lipinski definition) is 1. The first kappa shape index (κ1) is 13.3. The van der Waals surface area contributed by atoms with E-state index in [2.05, 4.69) is 0 Å². The minimum absolute atomic E-state index is 0.0569. The molecule has 1 aliphatic heterocycles. The van der Waals surface area contributed by atoms with Gasteiger partial charge >= 0.3 is 6.18 Å². The van der Waals surface area contributed by atoms with E-state index in [-0.39, 0.29) is 25.3 Å². The number of hydrogen-bond donors (Lipinski definition) is 0. The maximum Gasteiger partial charge on any atom is 0.408 e. The standard InChI is InChI=1S/C11H18F3NO/c1-2-3-7-10(16)15-8-5-4-6-9(15)11(12,13)14/h9H,2-8H2,1H3. The minimum Gasteiger partial charge on any atom is -0.331 e. The van der Waals surface area contributed by atoms with Gasteiger partial charge in [-0.1, -0.05) is 13.3 Å². The summed E-state index contributed by atoms with van der Waals surface area (Å²) >= 11 is 0. The molecule has 1 atom stereocenters. The van der Waals surface area contributed by atoms with E-state index in [0.29, 0.717) is 19.3 Å². The summed E-state index contributed by atoms with van der Waals surface area (Å²) in [4.78, 5) is 12.7. The van der Waals surface area contributed by atoms with Crippen molar-refractivity contribution in [1.82, 2.24) is 4.90 Å². The van der Waals surface area contributed by atoms with Crippen molar-refractivity contribution in [1.29, 1.82) is 0 Å². The number of carbonyl (C=O) groups is 1. The van der Waals surface area contributed by atoms with Crippen molar-refractivity contribution in [3.05, 3.63) is 0 Å². The van der Waals surface area contributed by atoms with Gasteiger partial charge in [0.1, 0.15) is 6.04 Å². The topological polar surface area (TPSA) is 20.3 Å². The molecule has 0 N–H and O–H groups in total. The summed E-state index contributed by atoms with van der Waals surface area (Å²) in [6.07, 6.45) is -1.24. The van der Waals surface area contributed by atoms with E-state index in [4.69, 9.17) is 0 Å². The normalized spacial score (nSPS) is 22.2. The van der Waals surface area contributed by atoms with Crippen LogP contribution < -0.4 is 0 Å². The Balaban J connectivity index is 2.63. The lowest BCUT2D eigenvalue weighted by Gasteiger charge is -2.36. The second-order valence-electron chi connectivity index (χ2n) is 4.24. The second kappa shape index (κ2) is 5.55. The average Bonchev–Trinajstić information content (AvgIpc) is 2.24. The molecule has 0 radical (unpaired) electrons. The van der Waals surface area contributed by atoms with E-state index >= 15 is 0 Å². The number of likely N-dealkylation sites (tertiary alicyclic amines) is 1. The number of nitrogens with zero attached hydrogens (tertiary/aromatic N) is 1. The van der Waals surface area contributed by atoms with Crippen molar-refractivity contribution in [2.75, 3.05) is 6.54 Å². The molecule has 1 amide bonds. The molecule has 16 heavy (non-hydrogen) atoms. The molecule has 0 spiro atoms. The van der Waals surface area contributed by atoms with Crippen LogP contribution in [0.15, 0.2) is 0 Å². The number of halogens is 3. The highest BCUT2D eigenvalue weighted by molar-refractivity contribution is 5.76. The van der Waals surface area contributed by atoms with Crippen molar-refractivity contribution < 1.29 is 18.0 Å². The van der Waals surface area contributed by atoms with E-state index in [1.807, 2.05) is 6.92 Å². The van der Waals surface area contributed by atoms with Gasteiger partial charge in [0, 0.05) is 13.0 Å². The van der Waals surface area contributed by atoms with Gasteiger partial charge in [-0.05, 0) is 25.7 Å². The zero-order valence-corrected chi connectivity index (χ0v) is 9.52. The molecular weight excluding hydrogens is 219 g/mol. The Morgan fingerprint density at radius 3 is 2.62 bits per heavy atom. The van der Waals surface area contributed by atoms with Crippen molar-refractivity contribution in [2.24, 2.45) is 0 Å². The van der Waals surface area contributed by atoms with Crippen LogP contribution in [0.1, 0.15) is 45.4 Å². The van der Waals surface area contributed by atoms with E-state index in [0.717, 1.165) is 11.3 Å². The summed E-state index contributed by atoms with van der Waals surface area (Å²) in [5.74, 6) is -0.344. The van der Waals surface area contributed by atoms with Crippen LogP contribution in [-0.2, 0) is 4.79 Å². The predicted molar refractivity (Wildman–Crippen MR) is 54.9 cm³/mol. The first-order chi connectivity index (χ1) is 7.46. The van der Waals surface area contributed by atoms with Crippen LogP contribution in [0.2, 0.25) is 0 Å². The molecule has 1 saturated heterocycles. The van der Waals surface area contributed by atoms with Gasteiger partial charge in [0.15, 0.2) is 0 Å². The Morgan fingerprint density at radius 2 is 2.06 bits per heavy atom. The van der Waals surface area contributed by atoms with Crippen LogP contribution in [-0.4, -0.2) is 29.6 Å². The van der Waals surface area contributed by atoms with Crippen LogP contribution >= 0.6 is 0 Å². The summed E-state index contributed by atoms with van der Waals surface area (Å²) in [7, 11) is 0. The minimum atomic E-state index is -4.28. The van der Waals surface area contributed by atoms with Crippen molar-refractivity contribution in [2.45, 2.75) is 57.7 Å². The van der Waals surface area contributed by atoms with Gasteiger partial charge in [-0.2, -0.15) is 13.2 Å². The quantitative estimate of drug-likeness (QED) is 0.738. The number of rotatable bonds is 3. The van der Waals surface area contributed by atoms with Crippen molar-refractivity contribution in [3.8, 4) is 0 Å². The summed E-state index contributed by atoms with van der Waals surface area (Å²) in [6.45, 7) is 2.18. The molecule has 5 heteroatoms. The highest BCUT2D eigenvalue weighted by atomic mass is 19.4. The van der Waals surface area contributed by atoms with Crippen LogP contribution in [0.5, 0.6) is 0 Å². The maximum atomic E-state index is 12.7. The summed E-state index contributed by atoms with van der Waals surface area (Å²) in [6, 6.07) is -1.55. The molecular formula is C11H18F3NO. The van der Waals surface area contributed by atoms with Crippen molar-refractivity contribution >= 4 is 5.91 Å². The molecule has 0 aromatic heterocycles. The van der Waals surface area contributed by atoms with E-state index in [1.165, 1.54) is 0 Å². The first-order valence-electron chi connectivity index (χ1n) is 5.83. The Bertz CT molecular complexity index is 240. The largest absolute Gasteiger partial charge is 0.408 e. The van der Waals surface area contributed by atoms with Gasteiger partial charge in [-0.25, -0.2) is 0 Å². The molecule has 0 saturated carbocycles. The first-order valence-corrected chi connectivity index (χ1v) is 5.83. The molecule has 1 heterocycles. The fourth-order valence-corrected chi connectivity index (χ4v) is 2.04. The van der Waals surface area contributed by atoms with Gasteiger partial charge in [0.2, 0.25) is 5.91 Å². The lowest BCUT2D eigenvalue weighted by molar-refractivity contribution is -0.196. The van der Waals surface area contributed by atoms with E-state index in [9.17, 15) is 18.0 Å². The Labute approximate surface area is 93.8 Å². The van der Waals surface area contributed by atoms with Gasteiger partial charge in [0.25, 0.3) is 0 Å². The molecule has 0 aliphatic carbocycles. The van der Waals surface area contributed by atoms with Gasteiger partial charge in [-0.3, -0.25) is 4.79 Å². The number of piperidine rings is 1. The molecule has 1 aliphatic rings. The second-order valence-corrected chi connectivity index (χ2v) is 4.24. The molecule has 1 fully saturated rings. The molecule has 94 valence electrons. The maximum absolute atomic E-state index is 12.7. The lowest BCUT2D eigenvalue weighted by atomic mass is 10.0. The zero-order chi connectivity index (χ0) is 12.2. The van der Waals surface area contributed by atoms with E-state index in [1.54, 1.807) is 0 Å². The van der Waals surface area contributed by atoms with Crippen LogP contribution in [0.4, 0.5) is 13.2 Å². The molecule has 0 aromatic rings. The summed E-state index contributed by atoms with van der Waals surface area (Å²) in [5.41, 5.74) is 0. The number of carbonyl (C=O) groups excluding carboxylic acids is 1. The zero-order valence-electron chi connectivity index (χ0n) is 9.52. The molecule has 0 bridgehead atoms. The summed E-state index contributed by atoms with van der Waals surface area (Å²) < 4.78 is 38.0. The van der Waals surface area contributed by atoms with Gasteiger partial charge < -0.3 is 4.90 Å². The predicted octanol–water partition coefficient (Wildman–Crippen LogP) is 3.12. The fraction of sp³-hybridized carbons (Fsp3) is 0.909. The highest BCUT2D eigenvalue weighted by Gasteiger charge is 2.45. The Kier molecular flexibility index (Phi) is 4.62. The van der Waals surface area contributed by atoms with Gasteiger partial charge in [0.05, 0.1) is 0 Å². The molecule has 2 nitrogen and oxygen atoms in total. The Morgan fingerprint density at radius 1 is 1.38 bits per heavy atom. The van der Waals surface area contributed by atoms with Crippen molar-refractivity contribution in [3.63, 3.8) is 0 Å². The lowest BCUT2D eigenvalue weighted by Crippen LogP contribution is -2.51. The van der Waals surface area contributed by atoms with Crippen LogP contribution in [0.25, 0.3) is 0 Å². The van der Waals surface area contributed by atoms with Crippen LogP contribution in [0.3, 0.4) is 0 Å².